The van der Waals surface area contributed by atoms with Crippen LogP contribution in [0.2, 0.25) is 0 Å². The molecule has 0 aliphatic carbocycles. The third-order valence-corrected chi connectivity index (χ3v) is 5.32. The first kappa shape index (κ1) is 16.8. The van der Waals surface area contributed by atoms with Crippen LogP contribution in [0.4, 0.5) is 4.39 Å². The molecule has 1 aliphatic heterocycles. The van der Waals surface area contributed by atoms with Crippen LogP contribution in [0.1, 0.15) is 35.3 Å². The first-order chi connectivity index (χ1) is 12.7. The molecule has 1 N–H and O–H groups in total. The van der Waals surface area contributed by atoms with Gasteiger partial charge >= 0.3 is 0 Å². The summed E-state index contributed by atoms with van der Waals surface area (Å²) in [6.45, 7) is 1.62. The van der Waals surface area contributed by atoms with Crippen molar-refractivity contribution in [2.24, 2.45) is 5.92 Å². The Bertz CT molecular complexity index is 867. The van der Waals surface area contributed by atoms with Crippen LogP contribution < -0.4 is 0 Å². The molecule has 0 radical (unpaired) electrons. The highest BCUT2D eigenvalue weighted by atomic mass is 19.1. The lowest BCUT2D eigenvalue weighted by Crippen LogP contribution is -2.40. The van der Waals surface area contributed by atoms with E-state index in [-0.39, 0.29) is 11.7 Å². The topological polar surface area (TPSA) is 36.1 Å². The number of likely N-dealkylation sites (tertiary alicyclic amines) is 1. The molecule has 1 amide bonds. The fraction of sp³-hybridized carbons (Fsp3) is 0.318. The minimum Gasteiger partial charge on any atom is -0.351 e. The van der Waals surface area contributed by atoms with E-state index in [1.165, 1.54) is 12.1 Å². The van der Waals surface area contributed by atoms with Crippen LogP contribution in [0, 0.1) is 11.7 Å². The Kier molecular flexibility index (Phi) is 4.74. The number of benzene rings is 2. The summed E-state index contributed by atoms with van der Waals surface area (Å²) in [7, 11) is 0. The Labute approximate surface area is 152 Å². The van der Waals surface area contributed by atoms with Crippen LogP contribution in [0.25, 0.3) is 10.9 Å². The zero-order chi connectivity index (χ0) is 17.9. The van der Waals surface area contributed by atoms with Gasteiger partial charge in [0, 0.05) is 24.0 Å². The van der Waals surface area contributed by atoms with Crippen molar-refractivity contribution >= 4 is 16.8 Å². The normalized spacial score (nSPS) is 17.6. The molecule has 1 atom stereocenters. The molecule has 0 saturated carbocycles. The summed E-state index contributed by atoms with van der Waals surface area (Å²) in [5.74, 6) is 0.399. The molecule has 0 unspecified atom stereocenters. The molecule has 4 heteroatoms. The van der Waals surface area contributed by atoms with Gasteiger partial charge in [-0.05, 0) is 61.4 Å². The molecule has 2 aromatic carbocycles. The van der Waals surface area contributed by atoms with Crippen molar-refractivity contribution in [1.29, 1.82) is 0 Å². The van der Waals surface area contributed by atoms with Crippen molar-refractivity contribution in [1.82, 2.24) is 9.88 Å². The molecule has 1 aliphatic rings. The number of nitrogens with zero attached hydrogens (tertiary/aromatic N) is 1. The van der Waals surface area contributed by atoms with Gasteiger partial charge in [-0.1, -0.05) is 30.3 Å². The molecule has 0 bridgehead atoms. The molecule has 26 heavy (non-hydrogen) atoms. The van der Waals surface area contributed by atoms with Gasteiger partial charge in [0.2, 0.25) is 0 Å². The van der Waals surface area contributed by atoms with Crippen molar-refractivity contribution in [2.45, 2.75) is 25.7 Å². The molecule has 3 aromatic rings. The Morgan fingerprint density at radius 2 is 1.96 bits per heavy atom. The van der Waals surface area contributed by atoms with Crippen LogP contribution in [0.5, 0.6) is 0 Å². The van der Waals surface area contributed by atoms with E-state index >= 15 is 0 Å². The number of aromatic nitrogens is 1. The number of carbonyl (C=O) groups is 1. The lowest BCUT2D eigenvalue weighted by Gasteiger charge is -2.32. The van der Waals surface area contributed by atoms with Gasteiger partial charge < -0.3 is 9.88 Å². The number of hydrogen-bond donors (Lipinski definition) is 1. The number of H-pyrrole nitrogens is 1. The van der Waals surface area contributed by atoms with Gasteiger partial charge in [0.1, 0.15) is 11.5 Å². The van der Waals surface area contributed by atoms with E-state index in [9.17, 15) is 9.18 Å². The number of nitrogens with one attached hydrogen (secondary N) is 1. The zero-order valence-electron chi connectivity index (χ0n) is 14.7. The van der Waals surface area contributed by atoms with Gasteiger partial charge in [-0.15, -0.1) is 0 Å². The van der Waals surface area contributed by atoms with Crippen molar-refractivity contribution < 1.29 is 9.18 Å². The minimum absolute atomic E-state index is 0.0904. The van der Waals surface area contributed by atoms with Crippen molar-refractivity contribution in [2.75, 3.05) is 13.1 Å². The number of halogens is 1. The van der Waals surface area contributed by atoms with E-state index in [0.29, 0.717) is 11.6 Å². The summed E-state index contributed by atoms with van der Waals surface area (Å²) in [4.78, 5) is 18.1. The molecule has 134 valence electrons. The third kappa shape index (κ3) is 3.64. The van der Waals surface area contributed by atoms with Crippen LogP contribution in [-0.4, -0.2) is 28.9 Å². The number of hydrogen-bond acceptors (Lipinski definition) is 1. The Hall–Kier alpha value is -2.62. The average molecular weight is 350 g/mol. The number of amides is 1. The van der Waals surface area contributed by atoms with Crippen molar-refractivity contribution in [3.63, 3.8) is 0 Å². The van der Waals surface area contributed by atoms with Crippen molar-refractivity contribution in [3.8, 4) is 0 Å². The zero-order valence-corrected chi connectivity index (χ0v) is 14.7. The van der Waals surface area contributed by atoms with E-state index in [0.717, 1.165) is 55.2 Å². The van der Waals surface area contributed by atoms with Crippen LogP contribution in [0.15, 0.2) is 54.6 Å². The smallest absolute Gasteiger partial charge is 0.270 e. The van der Waals surface area contributed by atoms with E-state index < -0.39 is 0 Å². The number of para-hydroxylation sites is 1. The van der Waals surface area contributed by atoms with Gasteiger partial charge in [-0.3, -0.25) is 4.79 Å². The molecule has 1 aromatic heterocycles. The third-order valence-electron chi connectivity index (χ3n) is 5.32. The highest BCUT2D eigenvalue weighted by Crippen LogP contribution is 2.24. The highest BCUT2D eigenvalue weighted by molar-refractivity contribution is 5.98. The summed E-state index contributed by atoms with van der Waals surface area (Å²) < 4.78 is 13.0. The summed E-state index contributed by atoms with van der Waals surface area (Å²) >= 11 is 0. The number of carbonyl (C=O) groups excluding carboxylic acids is 1. The first-order valence-electron chi connectivity index (χ1n) is 9.30. The fourth-order valence-electron chi connectivity index (χ4n) is 3.87. The Morgan fingerprint density at radius 1 is 1.15 bits per heavy atom. The molecular formula is C22H23FN2O. The number of fused-ring (bicyclic) bond motifs is 1. The quantitative estimate of drug-likeness (QED) is 0.721. The molecule has 0 spiro atoms. The van der Waals surface area contributed by atoms with Gasteiger partial charge in [0.25, 0.3) is 5.91 Å². The Morgan fingerprint density at radius 3 is 2.77 bits per heavy atom. The van der Waals surface area contributed by atoms with Gasteiger partial charge in [-0.25, -0.2) is 4.39 Å². The summed E-state index contributed by atoms with van der Waals surface area (Å²) in [6.07, 6.45) is 4.15. The lowest BCUT2D eigenvalue weighted by atomic mass is 9.91. The number of aromatic amines is 1. The standard InChI is InChI=1S/C22H23FN2O/c23-19-11-9-16(10-12-19)7-8-17-4-3-13-25(15-17)22(26)21-14-18-5-1-2-6-20(18)24-21/h1-2,5-6,9-12,14,17,24H,3-4,7-8,13,15H2/t17-/m1/s1. The highest BCUT2D eigenvalue weighted by Gasteiger charge is 2.25. The van der Waals surface area contributed by atoms with Crippen LogP contribution in [0.3, 0.4) is 0 Å². The molecule has 1 fully saturated rings. The minimum atomic E-state index is -0.193. The van der Waals surface area contributed by atoms with E-state index in [1.807, 2.05) is 47.4 Å². The molecule has 4 rings (SSSR count). The second kappa shape index (κ2) is 7.32. The fourth-order valence-corrected chi connectivity index (χ4v) is 3.87. The maximum absolute atomic E-state index is 13.0. The Balaban J connectivity index is 1.39. The molecular weight excluding hydrogens is 327 g/mol. The van der Waals surface area contributed by atoms with Crippen LogP contribution >= 0.6 is 0 Å². The maximum atomic E-state index is 13.0. The van der Waals surface area contributed by atoms with E-state index in [2.05, 4.69) is 4.98 Å². The van der Waals surface area contributed by atoms with Crippen molar-refractivity contribution in [3.05, 3.63) is 71.7 Å². The number of rotatable bonds is 4. The second-order valence-corrected chi connectivity index (χ2v) is 7.19. The van der Waals surface area contributed by atoms with E-state index in [4.69, 9.17) is 0 Å². The predicted molar refractivity (Wildman–Crippen MR) is 102 cm³/mol. The van der Waals surface area contributed by atoms with Gasteiger partial charge in [0.15, 0.2) is 0 Å². The largest absolute Gasteiger partial charge is 0.351 e. The van der Waals surface area contributed by atoms with E-state index in [1.54, 1.807) is 0 Å². The number of piperidine rings is 1. The van der Waals surface area contributed by atoms with Gasteiger partial charge in [0.05, 0.1) is 0 Å². The number of aryl methyl sites for hydroxylation is 1. The summed E-state index contributed by atoms with van der Waals surface area (Å²) in [6, 6.07) is 16.6. The summed E-state index contributed by atoms with van der Waals surface area (Å²) in [5, 5.41) is 1.07. The monoisotopic (exact) mass is 350 g/mol. The summed E-state index contributed by atoms with van der Waals surface area (Å²) in [5.41, 5.74) is 2.83. The lowest BCUT2D eigenvalue weighted by molar-refractivity contribution is 0.0663. The SMILES string of the molecule is O=C(c1cc2ccccc2[nH]1)N1CCC[C@H](CCc2ccc(F)cc2)C1. The average Bonchev–Trinajstić information content (AvgIpc) is 3.11. The molecule has 2 heterocycles. The predicted octanol–water partition coefficient (Wildman–Crippen LogP) is 4.79. The molecule has 3 nitrogen and oxygen atoms in total. The molecule has 1 saturated heterocycles. The van der Waals surface area contributed by atoms with Gasteiger partial charge in [-0.2, -0.15) is 0 Å². The maximum Gasteiger partial charge on any atom is 0.270 e. The second-order valence-electron chi connectivity index (χ2n) is 7.19. The van der Waals surface area contributed by atoms with Crippen LogP contribution in [-0.2, 0) is 6.42 Å². The first-order valence-corrected chi connectivity index (χ1v) is 9.30.